The number of aromatic nitrogens is 2. The zero-order valence-electron chi connectivity index (χ0n) is 11.0. The van der Waals surface area contributed by atoms with Crippen LogP contribution in [-0.4, -0.2) is 16.3 Å². The molecule has 1 aromatic carbocycles. The van der Waals surface area contributed by atoms with Crippen LogP contribution >= 0.6 is 0 Å². The molecule has 2 rings (SSSR count). The highest BCUT2D eigenvalue weighted by atomic mass is 19.1. The molecule has 0 aliphatic carbocycles. The summed E-state index contributed by atoms with van der Waals surface area (Å²) >= 11 is 0. The Labute approximate surface area is 111 Å². The number of benzene rings is 1. The van der Waals surface area contributed by atoms with Crippen molar-refractivity contribution in [2.24, 2.45) is 7.05 Å². The van der Waals surface area contributed by atoms with Gasteiger partial charge in [0.2, 0.25) is 0 Å². The summed E-state index contributed by atoms with van der Waals surface area (Å²) in [5.41, 5.74) is 1.49. The SMILES string of the molecule is CCNC(Cc1ccn(C)n1)c1cc(F)cc(F)c1. The summed E-state index contributed by atoms with van der Waals surface area (Å²) in [6.07, 6.45) is 2.45. The third-order valence-electron chi connectivity index (χ3n) is 2.92. The Morgan fingerprint density at radius 2 is 1.95 bits per heavy atom. The van der Waals surface area contributed by atoms with Gasteiger partial charge in [-0.3, -0.25) is 4.68 Å². The van der Waals surface area contributed by atoms with Crippen LogP contribution in [-0.2, 0) is 13.5 Å². The first kappa shape index (κ1) is 13.7. The molecule has 0 fully saturated rings. The molecule has 1 unspecified atom stereocenters. The highest BCUT2D eigenvalue weighted by Gasteiger charge is 2.14. The quantitative estimate of drug-likeness (QED) is 0.900. The second-order valence-electron chi connectivity index (χ2n) is 4.50. The van der Waals surface area contributed by atoms with Gasteiger partial charge in [0.25, 0.3) is 0 Å². The Kier molecular flexibility index (Phi) is 4.27. The average molecular weight is 265 g/mol. The van der Waals surface area contributed by atoms with E-state index in [0.717, 1.165) is 18.3 Å². The van der Waals surface area contributed by atoms with Gasteiger partial charge in [-0.1, -0.05) is 6.92 Å². The van der Waals surface area contributed by atoms with Crippen LogP contribution in [0.15, 0.2) is 30.5 Å². The maximum atomic E-state index is 13.3. The van der Waals surface area contributed by atoms with Gasteiger partial charge in [0.15, 0.2) is 0 Å². The molecule has 0 bridgehead atoms. The number of nitrogens with one attached hydrogen (secondary N) is 1. The van der Waals surface area contributed by atoms with Crippen LogP contribution in [0.5, 0.6) is 0 Å². The minimum absolute atomic E-state index is 0.148. The van der Waals surface area contributed by atoms with Gasteiger partial charge < -0.3 is 5.32 Å². The summed E-state index contributed by atoms with van der Waals surface area (Å²) in [4.78, 5) is 0. The predicted octanol–water partition coefficient (Wildman–Crippen LogP) is 2.59. The van der Waals surface area contributed by atoms with Crippen molar-refractivity contribution in [3.8, 4) is 0 Å². The van der Waals surface area contributed by atoms with E-state index >= 15 is 0 Å². The zero-order valence-corrected chi connectivity index (χ0v) is 11.0. The molecule has 0 amide bonds. The van der Waals surface area contributed by atoms with Gasteiger partial charge in [-0.2, -0.15) is 5.10 Å². The average Bonchev–Trinajstić information content (AvgIpc) is 2.73. The van der Waals surface area contributed by atoms with Crippen LogP contribution in [0.4, 0.5) is 8.78 Å². The highest BCUT2D eigenvalue weighted by Crippen LogP contribution is 2.20. The predicted molar refractivity (Wildman–Crippen MR) is 69.7 cm³/mol. The number of likely N-dealkylation sites (N-methyl/N-ethyl adjacent to an activating group) is 1. The van der Waals surface area contributed by atoms with Gasteiger partial charge in [-0.15, -0.1) is 0 Å². The van der Waals surface area contributed by atoms with E-state index in [1.165, 1.54) is 12.1 Å². The third kappa shape index (κ3) is 3.61. The summed E-state index contributed by atoms with van der Waals surface area (Å²) in [5, 5.41) is 7.52. The molecule has 102 valence electrons. The largest absolute Gasteiger partial charge is 0.310 e. The first-order valence-electron chi connectivity index (χ1n) is 6.26. The molecule has 0 spiro atoms. The lowest BCUT2D eigenvalue weighted by Gasteiger charge is -2.17. The van der Waals surface area contributed by atoms with E-state index in [4.69, 9.17) is 0 Å². The van der Waals surface area contributed by atoms with Gasteiger partial charge in [-0.25, -0.2) is 8.78 Å². The Hall–Kier alpha value is -1.75. The monoisotopic (exact) mass is 265 g/mol. The van der Waals surface area contributed by atoms with E-state index in [2.05, 4.69) is 10.4 Å². The van der Waals surface area contributed by atoms with Gasteiger partial charge in [0.05, 0.1) is 5.69 Å². The normalized spacial score (nSPS) is 12.6. The molecule has 0 saturated carbocycles. The maximum absolute atomic E-state index is 13.3. The summed E-state index contributed by atoms with van der Waals surface area (Å²) in [6.45, 7) is 2.68. The minimum atomic E-state index is -0.557. The Bertz CT molecular complexity index is 531. The fourth-order valence-corrected chi connectivity index (χ4v) is 2.11. The summed E-state index contributed by atoms with van der Waals surface area (Å²) in [7, 11) is 1.84. The van der Waals surface area contributed by atoms with Crippen molar-refractivity contribution in [3.63, 3.8) is 0 Å². The van der Waals surface area contributed by atoms with Crippen molar-refractivity contribution in [1.82, 2.24) is 15.1 Å². The topological polar surface area (TPSA) is 29.9 Å². The standard InChI is InChI=1S/C14H17F2N3/c1-3-17-14(9-13-4-5-19(2)18-13)10-6-11(15)8-12(16)7-10/h4-8,14,17H,3,9H2,1-2H3. The Morgan fingerprint density at radius 3 is 2.47 bits per heavy atom. The molecule has 1 N–H and O–H groups in total. The van der Waals surface area contributed by atoms with Crippen LogP contribution < -0.4 is 5.32 Å². The number of hydrogen-bond donors (Lipinski definition) is 1. The first-order valence-corrected chi connectivity index (χ1v) is 6.26. The highest BCUT2D eigenvalue weighted by molar-refractivity contribution is 5.23. The van der Waals surface area contributed by atoms with Crippen molar-refractivity contribution in [1.29, 1.82) is 0 Å². The molecule has 1 aromatic heterocycles. The Morgan fingerprint density at radius 1 is 1.26 bits per heavy atom. The molecule has 1 heterocycles. The molecule has 0 aliphatic heterocycles. The summed E-state index contributed by atoms with van der Waals surface area (Å²) < 4.78 is 28.3. The van der Waals surface area contributed by atoms with Crippen molar-refractivity contribution in [3.05, 3.63) is 53.4 Å². The van der Waals surface area contributed by atoms with Crippen LogP contribution in [0, 0.1) is 11.6 Å². The lowest BCUT2D eigenvalue weighted by molar-refractivity contribution is 0.522. The number of aryl methyl sites for hydroxylation is 1. The van der Waals surface area contributed by atoms with Gasteiger partial charge >= 0.3 is 0 Å². The van der Waals surface area contributed by atoms with E-state index in [1.807, 2.05) is 26.2 Å². The summed E-state index contributed by atoms with van der Waals surface area (Å²) in [6, 6.07) is 5.36. The third-order valence-corrected chi connectivity index (χ3v) is 2.92. The van der Waals surface area contributed by atoms with Gasteiger partial charge in [0, 0.05) is 31.8 Å². The minimum Gasteiger partial charge on any atom is -0.310 e. The molecular formula is C14H17F2N3. The number of nitrogens with zero attached hydrogens (tertiary/aromatic N) is 2. The molecule has 0 radical (unpaired) electrons. The molecule has 0 aliphatic rings. The van der Waals surface area contributed by atoms with Crippen LogP contribution in [0.1, 0.15) is 24.2 Å². The molecule has 2 aromatic rings. The van der Waals surface area contributed by atoms with Crippen molar-refractivity contribution in [2.75, 3.05) is 6.54 Å². The van der Waals surface area contributed by atoms with Gasteiger partial charge in [-0.05, 0) is 30.3 Å². The maximum Gasteiger partial charge on any atom is 0.126 e. The molecule has 0 saturated heterocycles. The van der Waals surface area contributed by atoms with Crippen molar-refractivity contribution < 1.29 is 8.78 Å². The van der Waals surface area contributed by atoms with E-state index in [1.54, 1.807) is 4.68 Å². The molecule has 5 heteroatoms. The second-order valence-corrected chi connectivity index (χ2v) is 4.50. The van der Waals surface area contributed by atoms with Gasteiger partial charge in [0.1, 0.15) is 11.6 Å². The molecule has 1 atom stereocenters. The molecular weight excluding hydrogens is 248 g/mol. The zero-order chi connectivity index (χ0) is 13.8. The van der Waals surface area contributed by atoms with Crippen LogP contribution in [0.2, 0.25) is 0 Å². The van der Waals surface area contributed by atoms with Crippen molar-refractivity contribution in [2.45, 2.75) is 19.4 Å². The van der Waals surface area contributed by atoms with Crippen LogP contribution in [0.3, 0.4) is 0 Å². The lowest BCUT2D eigenvalue weighted by atomic mass is 10.0. The smallest absolute Gasteiger partial charge is 0.126 e. The molecule has 19 heavy (non-hydrogen) atoms. The second kappa shape index (κ2) is 5.93. The van der Waals surface area contributed by atoms with E-state index in [-0.39, 0.29) is 6.04 Å². The summed E-state index contributed by atoms with van der Waals surface area (Å²) in [5.74, 6) is -1.11. The van der Waals surface area contributed by atoms with E-state index < -0.39 is 11.6 Å². The fourth-order valence-electron chi connectivity index (χ4n) is 2.11. The number of rotatable bonds is 5. The fraction of sp³-hybridized carbons (Fsp3) is 0.357. The van der Waals surface area contributed by atoms with E-state index in [9.17, 15) is 8.78 Å². The first-order chi connectivity index (χ1) is 9.08. The lowest BCUT2D eigenvalue weighted by Crippen LogP contribution is -2.23. The van der Waals surface area contributed by atoms with Crippen molar-refractivity contribution >= 4 is 0 Å². The number of hydrogen-bond acceptors (Lipinski definition) is 2. The molecule has 3 nitrogen and oxygen atoms in total. The van der Waals surface area contributed by atoms with Crippen LogP contribution in [0.25, 0.3) is 0 Å². The van der Waals surface area contributed by atoms with E-state index in [0.29, 0.717) is 12.0 Å². The Balaban J connectivity index is 2.23. The number of halogens is 2.